The molecule has 0 aliphatic carbocycles. The van der Waals surface area contributed by atoms with E-state index in [2.05, 4.69) is 15.9 Å². The standard InChI is InChI=1S/C14H13BrN2O2/c15-10-5-9(6-11(16)7-10)8-19-13-4-2-1-3-12(13)14(17)18/h1-7H,8,16H2,(H2,17,18). The molecule has 4 N–H and O–H groups in total. The zero-order valence-electron chi connectivity index (χ0n) is 10.1. The van der Waals surface area contributed by atoms with Crippen LogP contribution in [0.15, 0.2) is 46.9 Å². The Morgan fingerprint density at radius 1 is 1.21 bits per heavy atom. The third-order valence-corrected chi connectivity index (χ3v) is 2.98. The number of halogens is 1. The number of primary amides is 1. The lowest BCUT2D eigenvalue weighted by molar-refractivity contribution is 0.0996. The molecule has 1 amide bonds. The van der Waals surface area contributed by atoms with Gasteiger partial charge < -0.3 is 16.2 Å². The molecule has 0 spiro atoms. The Balaban J connectivity index is 2.16. The van der Waals surface area contributed by atoms with Crippen LogP contribution in [-0.2, 0) is 6.61 Å². The predicted molar refractivity (Wildman–Crippen MR) is 77.8 cm³/mol. The van der Waals surface area contributed by atoms with Crippen molar-refractivity contribution in [2.24, 2.45) is 5.73 Å². The number of carbonyl (C=O) groups excluding carboxylic acids is 1. The molecule has 0 bridgehead atoms. The van der Waals surface area contributed by atoms with Crippen molar-refractivity contribution in [2.75, 3.05) is 5.73 Å². The summed E-state index contributed by atoms with van der Waals surface area (Å²) in [6.07, 6.45) is 0. The zero-order chi connectivity index (χ0) is 13.8. The van der Waals surface area contributed by atoms with Crippen molar-refractivity contribution in [1.82, 2.24) is 0 Å². The second kappa shape index (κ2) is 5.75. The van der Waals surface area contributed by atoms with Crippen molar-refractivity contribution in [1.29, 1.82) is 0 Å². The Hall–Kier alpha value is -2.01. The first-order chi connectivity index (χ1) is 9.06. The molecule has 4 nitrogen and oxygen atoms in total. The van der Waals surface area contributed by atoms with Crippen molar-refractivity contribution in [3.8, 4) is 5.75 Å². The summed E-state index contributed by atoms with van der Waals surface area (Å²) in [6, 6.07) is 12.4. The average Bonchev–Trinajstić information content (AvgIpc) is 2.35. The van der Waals surface area contributed by atoms with Crippen LogP contribution < -0.4 is 16.2 Å². The molecular weight excluding hydrogens is 308 g/mol. The molecule has 0 radical (unpaired) electrons. The van der Waals surface area contributed by atoms with E-state index in [1.807, 2.05) is 12.1 Å². The highest BCUT2D eigenvalue weighted by Gasteiger charge is 2.08. The first-order valence-electron chi connectivity index (χ1n) is 5.63. The van der Waals surface area contributed by atoms with Gasteiger partial charge in [0.25, 0.3) is 5.91 Å². The van der Waals surface area contributed by atoms with Crippen LogP contribution in [-0.4, -0.2) is 5.91 Å². The van der Waals surface area contributed by atoms with Crippen LogP contribution in [0.25, 0.3) is 0 Å². The second-order valence-corrected chi connectivity index (χ2v) is 4.96. The van der Waals surface area contributed by atoms with Crippen molar-refractivity contribution < 1.29 is 9.53 Å². The van der Waals surface area contributed by atoms with Crippen molar-refractivity contribution in [3.63, 3.8) is 0 Å². The lowest BCUT2D eigenvalue weighted by atomic mass is 10.2. The Bertz CT molecular complexity index is 594. The van der Waals surface area contributed by atoms with Gasteiger partial charge in [0.05, 0.1) is 5.56 Å². The Kier molecular flexibility index (Phi) is 4.06. The van der Waals surface area contributed by atoms with Gasteiger partial charge >= 0.3 is 0 Å². The van der Waals surface area contributed by atoms with E-state index in [1.54, 1.807) is 30.3 Å². The van der Waals surface area contributed by atoms with Crippen LogP contribution in [0, 0.1) is 0 Å². The summed E-state index contributed by atoms with van der Waals surface area (Å²) in [7, 11) is 0. The first kappa shape index (κ1) is 13.4. The summed E-state index contributed by atoms with van der Waals surface area (Å²) in [5, 5.41) is 0. The van der Waals surface area contributed by atoms with Gasteiger partial charge in [-0.1, -0.05) is 28.1 Å². The summed E-state index contributed by atoms with van der Waals surface area (Å²) >= 11 is 3.37. The number of nitrogen functional groups attached to an aromatic ring is 1. The third-order valence-electron chi connectivity index (χ3n) is 2.53. The minimum absolute atomic E-state index is 0.313. The smallest absolute Gasteiger partial charge is 0.252 e. The SMILES string of the molecule is NC(=O)c1ccccc1OCc1cc(N)cc(Br)c1. The largest absolute Gasteiger partial charge is 0.488 e. The molecule has 98 valence electrons. The molecule has 0 saturated heterocycles. The van der Waals surface area contributed by atoms with Gasteiger partial charge in [-0.05, 0) is 35.9 Å². The molecule has 0 unspecified atom stereocenters. The van der Waals surface area contributed by atoms with Gasteiger partial charge in [-0.15, -0.1) is 0 Å². The fraction of sp³-hybridized carbons (Fsp3) is 0.0714. The van der Waals surface area contributed by atoms with Gasteiger partial charge in [-0.25, -0.2) is 0 Å². The van der Waals surface area contributed by atoms with E-state index in [9.17, 15) is 4.79 Å². The van der Waals surface area contributed by atoms with Crippen LogP contribution in [0.1, 0.15) is 15.9 Å². The van der Waals surface area contributed by atoms with Gasteiger partial charge in [0.1, 0.15) is 12.4 Å². The maximum Gasteiger partial charge on any atom is 0.252 e. The topological polar surface area (TPSA) is 78.3 Å². The highest BCUT2D eigenvalue weighted by atomic mass is 79.9. The van der Waals surface area contributed by atoms with Crippen LogP contribution in [0.4, 0.5) is 5.69 Å². The van der Waals surface area contributed by atoms with Crippen molar-refractivity contribution in [2.45, 2.75) is 6.61 Å². The normalized spacial score (nSPS) is 10.2. The van der Waals surface area contributed by atoms with Crippen molar-refractivity contribution in [3.05, 3.63) is 58.1 Å². The van der Waals surface area contributed by atoms with E-state index in [4.69, 9.17) is 16.2 Å². The maximum atomic E-state index is 11.3. The summed E-state index contributed by atoms with van der Waals surface area (Å²) in [5.41, 5.74) is 13.0. The number of nitrogens with two attached hydrogens (primary N) is 2. The summed E-state index contributed by atoms with van der Waals surface area (Å²) in [5.74, 6) is -0.0436. The van der Waals surface area contributed by atoms with E-state index in [0.29, 0.717) is 23.6 Å². The average molecular weight is 321 g/mol. The molecule has 5 heteroatoms. The van der Waals surface area contributed by atoms with E-state index in [-0.39, 0.29) is 0 Å². The van der Waals surface area contributed by atoms with Crippen LogP contribution in [0.5, 0.6) is 5.75 Å². The Morgan fingerprint density at radius 3 is 2.63 bits per heavy atom. The number of benzene rings is 2. The molecule has 0 aliphatic heterocycles. The van der Waals surface area contributed by atoms with Gasteiger partial charge in [0, 0.05) is 10.2 Å². The fourth-order valence-electron chi connectivity index (χ4n) is 1.72. The molecule has 0 atom stereocenters. The zero-order valence-corrected chi connectivity index (χ0v) is 11.7. The molecule has 0 saturated carbocycles. The van der Waals surface area contributed by atoms with Gasteiger partial charge in [0.2, 0.25) is 0 Å². The number of rotatable bonds is 4. The Labute approximate surface area is 119 Å². The summed E-state index contributed by atoms with van der Waals surface area (Å²) < 4.78 is 6.50. The molecule has 0 aliphatic rings. The highest BCUT2D eigenvalue weighted by Crippen LogP contribution is 2.21. The van der Waals surface area contributed by atoms with Crippen LogP contribution >= 0.6 is 15.9 Å². The lowest BCUT2D eigenvalue weighted by Crippen LogP contribution is -2.12. The number of hydrogen-bond acceptors (Lipinski definition) is 3. The first-order valence-corrected chi connectivity index (χ1v) is 6.42. The Morgan fingerprint density at radius 2 is 1.95 bits per heavy atom. The molecule has 19 heavy (non-hydrogen) atoms. The number of amides is 1. The fourth-order valence-corrected chi connectivity index (χ4v) is 2.27. The van der Waals surface area contributed by atoms with Gasteiger partial charge in [-0.3, -0.25) is 4.79 Å². The van der Waals surface area contributed by atoms with Gasteiger partial charge in [0.15, 0.2) is 0 Å². The van der Waals surface area contributed by atoms with E-state index >= 15 is 0 Å². The predicted octanol–water partition coefficient (Wildman–Crippen LogP) is 2.71. The number of ether oxygens (including phenoxy) is 1. The van der Waals surface area contributed by atoms with E-state index < -0.39 is 5.91 Å². The van der Waals surface area contributed by atoms with E-state index in [1.165, 1.54) is 0 Å². The second-order valence-electron chi connectivity index (χ2n) is 4.04. The van der Waals surface area contributed by atoms with Crippen LogP contribution in [0.2, 0.25) is 0 Å². The van der Waals surface area contributed by atoms with Crippen LogP contribution in [0.3, 0.4) is 0 Å². The van der Waals surface area contributed by atoms with Gasteiger partial charge in [-0.2, -0.15) is 0 Å². The number of anilines is 1. The third kappa shape index (κ3) is 3.48. The molecule has 0 aromatic heterocycles. The molecule has 2 aromatic carbocycles. The quantitative estimate of drug-likeness (QED) is 0.850. The molecule has 2 aromatic rings. The number of para-hydroxylation sites is 1. The summed E-state index contributed by atoms with van der Waals surface area (Å²) in [6.45, 7) is 0.313. The minimum atomic E-state index is -0.510. The molecule has 0 fully saturated rings. The number of carbonyl (C=O) groups is 1. The van der Waals surface area contributed by atoms with E-state index in [0.717, 1.165) is 10.0 Å². The number of hydrogen-bond donors (Lipinski definition) is 2. The lowest BCUT2D eigenvalue weighted by Gasteiger charge is -2.10. The molecule has 0 heterocycles. The summed E-state index contributed by atoms with van der Waals surface area (Å²) in [4.78, 5) is 11.3. The highest BCUT2D eigenvalue weighted by molar-refractivity contribution is 9.10. The molecular formula is C14H13BrN2O2. The molecule has 2 rings (SSSR count). The monoisotopic (exact) mass is 320 g/mol. The minimum Gasteiger partial charge on any atom is -0.488 e. The van der Waals surface area contributed by atoms with Crippen molar-refractivity contribution >= 4 is 27.5 Å². The maximum absolute atomic E-state index is 11.3.